The molecule has 0 saturated carbocycles. The number of nitrogens with zero attached hydrogens (tertiary/aromatic N) is 2. The largest absolute Gasteiger partial charge is 0.455 e. The molecule has 0 bridgehead atoms. The number of furan rings is 1. The Kier molecular flexibility index (Phi) is 8.90. The van der Waals surface area contributed by atoms with E-state index in [0.29, 0.717) is 0 Å². The van der Waals surface area contributed by atoms with Crippen LogP contribution in [0.2, 0.25) is 0 Å². The summed E-state index contributed by atoms with van der Waals surface area (Å²) in [7, 11) is 0. The molecular weight excluding hydrogens is 837 g/mol. The van der Waals surface area contributed by atoms with Crippen LogP contribution in [0.5, 0.6) is 0 Å². The van der Waals surface area contributed by atoms with E-state index >= 15 is 0 Å². The molecule has 2 aromatic heterocycles. The molecule has 0 fully saturated rings. The predicted octanol–water partition coefficient (Wildman–Crippen LogP) is 18.6. The van der Waals surface area contributed by atoms with E-state index in [1.54, 1.807) is 0 Å². The molecule has 0 spiro atoms. The Morgan fingerprint density at radius 3 is 1.52 bits per heavy atom. The molecule has 0 amide bonds. The van der Waals surface area contributed by atoms with Crippen LogP contribution in [0.1, 0.15) is 0 Å². The summed E-state index contributed by atoms with van der Waals surface area (Å²) >= 11 is 0. The lowest BCUT2D eigenvalue weighted by Crippen LogP contribution is -2.11. The average Bonchev–Trinajstić information content (AvgIpc) is 3.98. The zero-order valence-electron chi connectivity index (χ0n) is 37.6. The topological polar surface area (TPSA) is 21.3 Å². The zero-order chi connectivity index (χ0) is 45.4. The van der Waals surface area contributed by atoms with Gasteiger partial charge in [-0.25, -0.2) is 0 Å². The van der Waals surface area contributed by atoms with E-state index < -0.39 is 0 Å². The highest BCUT2D eigenvalue weighted by Gasteiger charge is 2.22. The molecule has 0 aliphatic carbocycles. The molecule has 322 valence electrons. The van der Waals surface area contributed by atoms with Crippen molar-refractivity contribution in [3.8, 4) is 39.1 Å². The van der Waals surface area contributed by atoms with Crippen molar-refractivity contribution in [3.05, 3.63) is 255 Å². The Morgan fingerprint density at radius 1 is 0.290 bits per heavy atom. The maximum atomic E-state index is 6.48. The lowest BCUT2D eigenvalue weighted by atomic mass is 9.93. The number of rotatable bonds is 7. The molecule has 0 aliphatic heterocycles. The summed E-state index contributed by atoms with van der Waals surface area (Å²) in [4.78, 5) is 2.45. The number of aromatic nitrogens is 1. The fourth-order valence-electron chi connectivity index (χ4n) is 11.1. The highest BCUT2D eigenvalue weighted by Crippen LogP contribution is 2.46. The number of benzene rings is 12. The van der Waals surface area contributed by atoms with Gasteiger partial charge in [0.05, 0.1) is 22.4 Å². The highest BCUT2D eigenvalue weighted by molar-refractivity contribution is 6.26. The first-order chi connectivity index (χ1) is 34.2. The summed E-state index contributed by atoms with van der Waals surface area (Å²) < 4.78 is 8.92. The second-order valence-electron chi connectivity index (χ2n) is 18.0. The standard InChI is InChI=1S/C66H42N2O/c1-2-21-51-49(19-1)50-20-3-4-22-52(50)60-42-47(39-40-53(51)60)67(46-37-35-43(36-38-46)44-17-15-18-45(41-44)48-28-16-29-59-58-27-9-14-34-65(58)69-66(48)59)61-30-10-5-23-54(61)55-24-6-11-31-62(55)68-63-32-12-7-25-56(63)57-26-8-13-33-64(57)68/h1-42H. The summed E-state index contributed by atoms with van der Waals surface area (Å²) in [6, 6.07) is 92.6. The van der Waals surface area contributed by atoms with Crippen LogP contribution in [0.15, 0.2) is 259 Å². The molecule has 0 N–H and O–H groups in total. The van der Waals surface area contributed by atoms with Crippen molar-refractivity contribution in [2.24, 2.45) is 0 Å². The Morgan fingerprint density at radius 2 is 0.797 bits per heavy atom. The third-order valence-corrected chi connectivity index (χ3v) is 14.2. The van der Waals surface area contributed by atoms with E-state index in [-0.39, 0.29) is 0 Å². The monoisotopic (exact) mass is 878 g/mol. The van der Waals surface area contributed by atoms with Crippen LogP contribution in [0.4, 0.5) is 17.1 Å². The first-order valence-corrected chi connectivity index (χ1v) is 23.7. The van der Waals surface area contributed by atoms with Crippen molar-refractivity contribution in [3.63, 3.8) is 0 Å². The van der Waals surface area contributed by atoms with Gasteiger partial charge >= 0.3 is 0 Å². The van der Waals surface area contributed by atoms with Crippen LogP contribution in [-0.2, 0) is 0 Å². The number of anilines is 3. The molecule has 69 heavy (non-hydrogen) atoms. The lowest BCUT2D eigenvalue weighted by molar-refractivity contribution is 0.670. The molecule has 3 nitrogen and oxygen atoms in total. The van der Waals surface area contributed by atoms with Gasteiger partial charge in [0.1, 0.15) is 11.2 Å². The fourth-order valence-corrected chi connectivity index (χ4v) is 11.1. The van der Waals surface area contributed by atoms with Crippen molar-refractivity contribution in [2.45, 2.75) is 0 Å². The van der Waals surface area contributed by atoms with Crippen LogP contribution in [-0.4, -0.2) is 4.57 Å². The molecule has 3 heteroatoms. The number of fused-ring (bicyclic) bond motifs is 12. The Labute approximate surface area is 399 Å². The molecule has 12 aromatic carbocycles. The number of hydrogen-bond acceptors (Lipinski definition) is 2. The van der Waals surface area contributed by atoms with Crippen molar-refractivity contribution in [1.29, 1.82) is 0 Å². The van der Waals surface area contributed by atoms with Gasteiger partial charge in [0.15, 0.2) is 0 Å². The molecular formula is C66H42N2O. The fraction of sp³-hybridized carbons (Fsp3) is 0. The number of para-hydroxylation sites is 6. The lowest BCUT2D eigenvalue weighted by Gasteiger charge is -2.29. The van der Waals surface area contributed by atoms with E-state index in [9.17, 15) is 0 Å². The summed E-state index contributed by atoms with van der Waals surface area (Å²) in [5.74, 6) is 0. The Bertz CT molecular complexity index is 4240. The maximum Gasteiger partial charge on any atom is 0.143 e. The van der Waals surface area contributed by atoms with E-state index in [2.05, 4.69) is 252 Å². The second-order valence-corrected chi connectivity index (χ2v) is 18.0. The maximum absolute atomic E-state index is 6.48. The van der Waals surface area contributed by atoms with Gasteiger partial charge in [0.2, 0.25) is 0 Å². The first kappa shape index (κ1) is 39.0. The van der Waals surface area contributed by atoms with Crippen LogP contribution in [0, 0.1) is 0 Å². The molecule has 0 radical (unpaired) electrons. The normalized spacial score (nSPS) is 11.8. The van der Waals surface area contributed by atoms with E-state index in [1.807, 2.05) is 12.1 Å². The van der Waals surface area contributed by atoms with Gasteiger partial charge in [0.25, 0.3) is 0 Å². The minimum atomic E-state index is 0.904. The van der Waals surface area contributed by atoms with Crippen molar-refractivity contribution >= 4 is 93.1 Å². The van der Waals surface area contributed by atoms with Gasteiger partial charge in [-0.05, 0) is 110 Å². The molecule has 0 unspecified atom stereocenters. The second kappa shape index (κ2) is 15.7. The van der Waals surface area contributed by atoms with E-state index in [1.165, 1.54) is 54.1 Å². The first-order valence-electron chi connectivity index (χ1n) is 23.7. The van der Waals surface area contributed by atoms with Crippen LogP contribution < -0.4 is 4.90 Å². The van der Waals surface area contributed by atoms with Gasteiger partial charge in [-0.2, -0.15) is 0 Å². The van der Waals surface area contributed by atoms with Crippen LogP contribution in [0.3, 0.4) is 0 Å². The van der Waals surface area contributed by atoms with Crippen molar-refractivity contribution < 1.29 is 4.42 Å². The van der Waals surface area contributed by atoms with Crippen LogP contribution >= 0.6 is 0 Å². The SMILES string of the molecule is c1cc(-c2ccc(N(c3ccc4c5ccccc5c5ccccc5c4c3)c3ccccc3-c3ccccc3-n3c4ccccc4c4ccccc43)cc2)cc(-c2cccc3c2oc2ccccc23)c1. The molecule has 14 rings (SSSR count). The van der Waals surface area contributed by atoms with Gasteiger partial charge < -0.3 is 13.9 Å². The molecule has 0 saturated heterocycles. The smallest absolute Gasteiger partial charge is 0.143 e. The minimum absolute atomic E-state index is 0.904. The summed E-state index contributed by atoms with van der Waals surface area (Å²) in [5.41, 5.74) is 15.3. The van der Waals surface area contributed by atoms with Gasteiger partial charge in [-0.1, -0.05) is 194 Å². The van der Waals surface area contributed by atoms with Gasteiger partial charge in [-0.15, -0.1) is 0 Å². The molecule has 0 aliphatic rings. The summed E-state index contributed by atoms with van der Waals surface area (Å²) in [6.07, 6.45) is 0. The van der Waals surface area contributed by atoms with E-state index in [4.69, 9.17) is 4.42 Å². The van der Waals surface area contributed by atoms with Gasteiger partial charge in [0, 0.05) is 49.6 Å². The zero-order valence-corrected chi connectivity index (χ0v) is 37.6. The summed E-state index contributed by atoms with van der Waals surface area (Å²) in [5, 5.41) is 12.2. The Balaban J connectivity index is 0.954. The predicted molar refractivity (Wildman–Crippen MR) is 292 cm³/mol. The third-order valence-electron chi connectivity index (χ3n) is 14.2. The molecule has 0 atom stereocenters. The van der Waals surface area contributed by atoms with Crippen LogP contribution in [0.25, 0.3) is 115 Å². The number of hydrogen-bond donors (Lipinski definition) is 0. The van der Waals surface area contributed by atoms with E-state index in [0.717, 1.165) is 78.1 Å². The molecule has 14 aromatic rings. The quantitative estimate of drug-likeness (QED) is 0.149. The van der Waals surface area contributed by atoms with Gasteiger partial charge in [-0.3, -0.25) is 0 Å². The third kappa shape index (κ3) is 6.21. The van der Waals surface area contributed by atoms with Crippen molar-refractivity contribution in [1.82, 2.24) is 4.57 Å². The minimum Gasteiger partial charge on any atom is -0.455 e. The highest BCUT2D eigenvalue weighted by atomic mass is 16.3. The average molecular weight is 879 g/mol. The van der Waals surface area contributed by atoms with Crippen molar-refractivity contribution in [2.75, 3.05) is 4.90 Å². The Hall–Kier alpha value is -9.18. The molecule has 2 heterocycles. The summed E-state index contributed by atoms with van der Waals surface area (Å²) in [6.45, 7) is 0.